The number of benzene rings is 1. The van der Waals surface area contributed by atoms with Crippen LogP contribution < -0.4 is 5.32 Å². The van der Waals surface area contributed by atoms with E-state index in [1.165, 1.54) is 0 Å². The minimum atomic E-state index is -0.565. The molecule has 0 aliphatic carbocycles. The highest BCUT2D eigenvalue weighted by atomic mass is 16.5. The highest BCUT2D eigenvalue weighted by Gasteiger charge is 2.32. The molecule has 2 atom stereocenters. The first-order chi connectivity index (χ1) is 11.1. The molecule has 0 radical (unpaired) electrons. The number of hydrogen-bond acceptors (Lipinski definition) is 4. The van der Waals surface area contributed by atoms with E-state index in [2.05, 4.69) is 5.32 Å². The Morgan fingerprint density at radius 2 is 2.09 bits per heavy atom. The molecular weight excluding hydrogens is 296 g/mol. The molecule has 0 saturated carbocycles. The quantitative estimate of drug-likeness (QED) is 0.798. The number of nitrogens with zero attached hydrogens (tertiary/aromatic N) is 1. The lowest BCUT2D eigenvalue weighted by molar-refractivity contribution is -0.145. The SMILES string of the molecule is COCCOC(C)C(=O)N1CCNC(=O)CC1c1ccccc1. The van der Waals surface area contributed by atoms with E-state index in [-0.39, 0.29) is 24.3 Å². The van der Waals surface area contributed by atoms with Crippen LogP contribution in [0.15, 0.2) is 30.3 Å². The van der Waals surface area contributed by atoms with Crippen LogP contribution in [0.3, 0.4) is 0 Å². The molecule has 1 saturated heterocycles. The maximum atomic E-state index is 12.8. The summed E-state index contributed by atoms with van der Waals surface area (Å²) in [5.41, 5.74) is 0.960. The van der Waals surface area contributed by atoms with Crippen molar-refractivity contribution >= 4 is 11.8 Å². The first-order valence-corrected chi connectivity index (χ1v) is 7.86. The van der Waals surface area contributed by atoms with E-state index < -0.39 is 6.10 Å². The maximum absolute atomic E-state index is 12.8. The van der Waals surface area contributed by atoms with Crippen LogP contribution in [-0.4, -0.2) is 56.2 Å². The summed E-state index contributed by atoms with van der Waals surface area (Å²) in [5, 5.41) is 2.83. The summed E-state index contributed by atoms with van der Waals surface area (Å²) in [7, 11) is 1.59. The van der Waals surface area contributed by atoms with Gasteiger partial charge in [-0.25, -0.2) is 0 Å². The van der Waals surface area contributed by atoms with Gasteiger partial charge in [-0.3, -0.25) is 9.59 Å². The summed E-state index contributed by atoms with van der Waals surface area (Å²) >= 11 is 0. The number of ether oxygens (including phenoxy) is 2. The Labute approximate surface area is 136 Å². The van der Waals surface area contributed by atoms with Crippen LogP contribution >= 0.6 is 0 Å². The molecule has 0 spiro atoms. The van der Waals surface area contributed by atoms with Crippen LogP contribution in [0, 0.1) is 0 Å². The molecule has 2 unspecified atom stereocenters. The van der Waals surface area contributed by atoms with Gasteiger partial charge in [-0.2, -0.15) is 0 Å². The van der Waals surface area contributed by atoms with Crippen molar-refractivity contribution in [2.45, 2.75) is 25.5 Å². The smallest absolute Gasteiger partial charge is 0.251 e. The third-order valence-corrected chi connectivity index (χ3v) is 3.90. The number of methoxy groups -OCH3 is 1. The Kier molecular flexibility index (Phi) is 6.55. The Bertz CT molecular complexity index is 521. The molecule has 0 bridgehead atoms. The molecule has 6 heteroatoms. The van der Waals surface area contributed by atoms with Gasteiger partial charge in [0.15, 0.2) is 0 Å². The van der Waals surface area contributed by atoms with Crippen LogP contribution in [0.5, 0.6) is 0 Å². The summed E-state index contributed by atoms with van der Waals surface area (Å²) in [6.45, 7) is 3.48. The van der Waals surface area contributed by atoms with Crippen LogP contribution in [-0.2, 0) is 19.1 Å². The zero-order valence-corrected chi connectivity index (χ0v) is 13.7. The minimum Gasteiger partial charge on any atom is -0.382 e. The van der Waals surface area contributed by atoms with Crippen molar-refractivity contribution in [3.63, 3.8) is 0 Å². The third-order valence-electron chi connectivity index (χ3n) is 3.90. The highest BCUT2D eigenvalue weighted by molar-refractivity contribution is 5.83. The maximum Gasteiger partial charge on any atom is 0.251 e. The van der Waals surface area contributed by atoms with Crippen molar-refractivity contribution in [1.29, 1.82) is 0 Å². The monoisotopic (exact) mass is 320 g/mol. The molecule has 1 heterocycles. The van der Waals surface area contributed by atoms with Crippen molar-refractivity contribution in [2.75, 3.05) is 33.4 Å². The molecule has 0 aromatic heterocycles. The average molecular weight is 320 g/mol. The zero-order chi connectivity index (χ0) is 16.7. The average Bonchev–Trinajstić information content (AvgIpc) is 2.76. The lowest BCUT2D eigenvalue weighted by atomic mass is 10.0. The van der Waals surface area contributed by atoms with Gasteiger partial charge in [-0.15, -0.1) is 0 Å². The lowest BCUT2D eigenvalue weighted by Crippen LogP contribution is -2.43. The molecule has 1 fully saturated rings. The number of hydrogen-bond donors (Lipinski definition) is 1. The normalized spacial score (nSPS) is 19.8. The van der Waals surface area contributed by atoms with Gasteiger partial charge in [-0.1, -0.05) is 30.3 Å². The molecule has 1 aromatic carbocycles. The van der Waals surface area contributed by atoms with E-state index in [0.29, 0.717) is 26.3 Å². The Morgan fingerprint density at radius 3 is 2.78 bits per heavy atom. The fourth-order valence-electron chi connectivity index (χ4n) is 2.68. The van der Waals surface area contributed by atoms with Crippen LogP contribution in [0.4, 0.5) is 0 Å². The molecule has 1 N–H and O–H groups in total. The van der Waals surface area contributed by atoms with E-state index in [0.717, 1.165) is 5.56 Å². The largest absolute Gasteiger partial charge is 0.382 e. The summed E-state index contributed by atoms with van der Waals surface area (Å²) in [6.07, 6.45) is -0.301. The van der Waals surface area contributed by atoms with E-state index >= 15 is 0 Å². The Balaban J connectivity index is 2.14. The first kappa shape index (κ1) is 17.4. The molecule has 6 nitrogen and oxygen atoms in total. The molecule has 2 amide bonds. The van der Waals surface area contributed by atoms with E-state index in [1.54, 1.807) is 18.9 Å². The van der Waals surface area contributed by atoms with E-state index in [9.17, 15) is 9.59 Å². The van der Waals surface area contributed by atoms with Crippen molar-refractivity contribution in [1.82, 2.24) is 10.2 Å². The van der Waals surface area contributed by atoms with Crippen LogP contribution in [0.2, 0.25) is 0 Å². The van der Waals surface area contributed by atoms with Gasteiger partial charge in [0.2, 0.25) is 5.91 Å². The highest BCUT2D eigenvalue weighted by Crippen LogP contribution is 2.26. The molecule has 2 rings (SSSR count). The fourth-order valence-corrected chi connectivity index (χ4v) is 2.68. The minimum absolute atomic E-state index is 0.0397. The second-order valence-corrected chi connectivity index (χ2v) is 5.52. The van der Waals surface area contributed by atoms with Crippen molar-refractivity contribution in [3.8, 4) is 0 Å². The Morgan fingerprint density at radius 1 is 1.35 bits per heavy atom. The zero-order valence-electron chi connectivity index (χ0n) is 13.7. The third kappa shape index (κ3) is 4.77. The number of nitrogens with one attached hydrogen (secondary N) is 1. The molecule has 1 aliphatic rings. The van der Waals surface area contributed by atoms with Gasteiger partial charge in [0.25, 0.3) is 5.91 Å². The number of carbonyl (C=O) groups is 2. The fraction of sp³-hybridized carbons (Fsp3) is 0.529. The molecule has 23 heavy (non-hydrogen) atoms. The second-order valence-electron chi connectivity index (χ2n) is 5.52. The first-order valence-electron chi connectivity index (χ1n) is 7.86. The summed E-state index contributed by atoms with van der Waals surface area (Å²) in [6, 6.07) is 9.38. The van der Waals surface area contributed by atoms with Crippen molar-refractivity contribution < 1.29 is 19.1 Å². The van der Waals surface area contributed by atoms with Crippen LogP contribution in [0.1, 0.15) is 24.9 Å². The van der Waals surface area contributed by atoms with Crippen molar-refractivity contribution in [3.05, 3.63) is 35.9 Å². The van der Waals surface area contributed by atoms with Gasteiger partial charge >= 0.3 is 0 Å². The predicted octanol–water partition coefficient (Wildman–Crippen LogP) is 1.13. The molecular formula is C17H24N2O4. The summed E-state index contributed by atoms with van der Waals surface area (Å²) in [5.74, 6) is -0.145. The molecule has 1 aliphatic heterocycles. The van der Waals surface area contributed by atoms with E-state index in [1.807, 2.05) is 30.3 Å². The second kappa shape index (κ2) is 8.64. The lowest BCUT2D eigenvalue weighted by Gasteiger charge is -2.31. The van der Waals surface area contributed by atoms with Gasteiger partial charge in [0.1, 0.15) is 6.10 Å². The summed E-state index contributed by atoms with van der Waals surface area (Å²) < 4.78 is 10.5. The standard InChI is InChI=1S/C17H24N2O4/c1-13(23-11-10-22-2)17(21)19-9-8-18-16(20)12-15(19)14-6-4-3-5-7-14/h3-7,13,15H,8-12H2,1-2H3,(H,18,20). The number of amides is 2. The number of carbonyl (C=O) groups excluding carboxylic acids is 2. The molecule has 126 valence electrons. The van der Waals surface area contributed by atoms with Gasteiger partial charge < -0.3 is 19.7 Å². The topological polar surface area (TPSA) is 67.9 Å². The number of rotatable bonds is 6. The van der Waals surface area contributed by atoms with Gasteiger partial charge in [0.05, 0.1) is 25.7 Å². The van der Waals surface area contributed by atoms with Gasteiger partial charge in [-0.05, 0) is 12.5 Å². The van der Waals surface area contributed by atoms with Gasteiger partial charge in [0, 0.05) is 20.2 Å². The summed E-state index contributed by atoms with van der Waals surface area (Å²) in [4.78, 5) is 26.4. The van der Waals surface area contributed by atoms with Crippen molar-refractivity contribution in [2.24, 2.45) is 0 Å². The molecule has 1 aromatic rings. The van der Waals surface area contributed by atoms with E-state index in [4.69, 9.17) is 9.47 Å². The predicted molar refractivity (Wildman–Crippen MR) is 85.8 cm³/mol. The Hall–Kier alpha value is -1.92. The van der Waals surface area contributed by atoms with Crippen LogP contribution in [0.25, 0.3) is 0 Å².